The number of furan rings is 1. The number of aryl methyl sites for hydroxylation is 1. The number of halogens is 1. The monoisotopic (exact) mass is 435 g/mol. The Labute approximate surface area is 171 Å². The molecule has 1 N–H and O–H groups in total. The Morgan fingerprint density at radius 1 is 1.18 bits per heavy atom. The average molecular weight is 436 g/mol. The molecular formula is C23H18BrNO3. The van der Waals surface area contributed by atoms with Crippen molar-refractivity contribution in [3.63, 3.8) is 0 Å². The van der Waals surface area contributed by atoms with Gasteiger partial charge in [0.2, 0.25) is 0 Å². The number of nitrogens with one attached hydrogen (secondary N) is 1. The fourth-order valence-corrected chi connectivity index (χ4v) is 3.98. The van der Waals surface area contributed by atoms with Gasteiger partial charge in [-0.3, -0.25) is 9.59 Å². The maximum absolute atomic E-state index is 13.0. The molecule has 4 rings (SSSR count). The Hall–Kier alpha value is -2.92. The van der Waals surface area contributed by atoms with Gasteiger partial charge in [0.15, 0.2) is 5.78 Å². The van der Waals surface area contributed by atoms with E-state index in [0.29, 0.717) is 5.76 Å². The van der Waals surface area contributed by atoms with E-state index < -0.39 is 0 Å². The van der Waals surface area contributed by atoms with Crippen LogP contribution in [0.2, 0.25) is 0 Å². The van der Waals surface area contributed by atoms with Gasteiger partial charge in [-0.05, 0) is 42.3 Å². The second-order valence-electron chi connectivity index (χ2n) is 6.74. The summed E-state index contributed by atoms with van der Waals surface area (Å²) >= 11 is 3.51. The first kappa shape index (κ1) is 18.4. The van der Waals surface area contributed by atoms with Gasteiger partial charge in [-0.1, -0.05) is 64.5 Å². The van der Waals surface area contributed by atoms with Crippen LogP contribution >= 0.6 is 15.9 Å². The van der Waals surface area contributed by atoms with E-state index in [9.17, 15) is 9.59 Å². The number of allylic oxidation sites excluding steroid dienone is 3. The molecule has 0 spiro atoms. The van der Waals surface area contributed by atoms with Gasteiger partial charge < -0.3 is 9.73 Å². The molecule has 1 aliphatic heterocycles. The molecule has 4 nitrogen and oxygen atoms in total. The Morgan fingerprint density at radius 2 is 1.96 bits per heavy atom. The van der Waals surface area contributed by atoms with Crippen molar-refractivity contribution < 1.29 is 14.0 Å². The highest BCUT2D eigenvalue weighted by atomic mass is 79.9. The molecule has 2 aliphatic rings. The van der Waals surface area contributed by atoms with Crippen molar-refractivity contribution in [2.75, 3.05) is 0 Å². The summed E-state index contributed by atoms with van der Waals surface area (Å²) in [7, 11) is 0. The number of amides is 1. The maximum atomic E-state index is 13.0. The summed E-state index contributed by atoms with van der Waals surface area (Å²) in [4.78, 5) is 25.9. The largest absolute Gasteiger partial charge is 0.462 e. The van der Waals surface area contributed by atoms with Crippen molar-refractivity contribution in [3.05, 3.63) is 93.9 Å². The summed E-state index contributed by atoms with van der Waals surface area (Å²) in [5.41, 5.74) is 1.77. The van der Waals surface area contributed by atoms with E-state index in [1.807, 2.05) is 61.5 Å². The van der Waals surface area contributed by atoms with Crippen molar-refractivity contribution in [2.45, 2.75) is 13.0 Å². The number of ketones is 1. The Morgan fingerprint density at radius 3 is 2.68 bits per heavy atom. The first-order valence-electron chi connectivity index (χ1n) is 8.98. The summed E-state index contributed by atoms with van der Waals surface area (Å²) < 4.78 is 6.40. The van der Waals surface area contributed by atoms with Crippen LogP contribution in [0.3, 0.4) is 0 Å². The van der Waals surface area contributed by atoms with Crippen LogP contribution < -0.4 is 5.32 Å². The molecule has 0 bridgehead atoms. The van der Waals surface area contributed by atoms with Crippen LogP contribution in [0.5, 0.6) is 0 Å². The van der Waals surface area contributed by atoms with Crippen molar-refractivity contribution in [2.24, 2.45) is 5.92 Å². The van der Waals surface area contributed by atoms with Crippen molar-refractivity contribution >= 4 is 39.3 Å². The average Bonchev–Trinajstić information content (AvgIpc) is 3.11. The summed E-state index contributed by atoms with van der Waals surface area (Å²) in [6.45, 7) is 1.84. The quantitative estimate of drug-likeness (QED) is 0.564. The van der Waals surface area contributed by atoms with E-state index >= 15 is 0 Å². The predicted octanol–water partition coefficient (Wildman–Crippen LogP) is 4.59. The number of hydrogen-bond donors (Lipinski definition) is 1. The molecule has 0 radical (unpaired) electrons. The highest BCUT2D eigenvalue weighted by molar-refractivity contribution is 9.11. The van der Waals surface area contributed by atoms with E-state index in [1.54, 1.807) is 12.1 Å². The zero-order valence-electron chi connectivity index (χ0n) is 15.2. The SMILES string of the molecule is Cc1ccc(/C=C/C(=O)C2=C(c3ccccc3)[C@H]3C=C(Br)C=C[C@H]3NC2=O)o1. The van der Waals surface area contributed by atoms with Crippen LogP contribution in [0.4, 0.5) is 0 Å². The number of carbonyl (C=O) groups excluding carboxylic acids is 2. The minimum Gasteiger partial charge on any atom is -0.462 e. The van der Waals surface area contributed by atoms with Gasteiger partial charge in [-0.25, -0.2) is 0 Å². The molecule has 1 aliphatic carbocycles. The molecule has 0 fully saturated rings. The molecule has 2 atom stereocenters. The van der Waals surface area contributed by atoms with Crippen LogP contribution in [-0.2, 0) is 9.59 Å². The molecule has 2 aromatic rings. The summed E-state index contributed by atoms with van der Waals surface area (Å²) in [5.74, 6) is 0.505. The van der Waals surface area contributed by atoms with Crippen LogP contribution in [-0.4, -0.2) is 17.7 Å². The molecule has 1 aromatic carbocycles. The van der Waals surface area contributed by atoms with Crippen LogP contribution in [0.15, 0.2) is 81.2 Å². The summed E-state index contributed by atoms with van der Waals surface area (Å²) in [6, 6.07) is 13.0. The number of rotatable bonds is 4. The van der Waals surface area contributed by atoms with E-state index in [1.165, 1.54) is 6.08 Å². The first-order chi connectivity index (χ1) is 13.5. The van der Waals surface area contributed by atoms with Gasteiger partial charge in [0.1, 0.15) is 11.5 Å². The third-order valence-corrected chi connectivity index (χ3v) is 5.34. The zero-order valence-corrected chi connectivity index (χ0v) is 16.8. The molecule has 0 saturated carbocycles. The maximum Gasteiger partial charge on any atom is 0.256 e. The smallest absolute Gasteiger partial charge is 0.256 e. The van der Waals surface area contributed by atoms with Crippen molar-refractivity contribution in [3.8, 4) is 0 Å². The number of carbonyl (C=O) groups is 2. The minimum atomic E-state index is -0.360. The van der Waals surface area contributed by atoms with Crippen molar-refractivity contribution in [1.29, 1.82) is 0 Å². The highest BCUT2D eigenvalue weighted by Gasteiger charge is 2.37. The van der Waals surface area contributed by atoms with E-state index in [4.69, 9.17) is 4.42 Å². The fraction of sp³-hybridized carbons (Fsp3) is 0.130. The third kappa shape index (κ3) is 3.58. The third-order valence-electron chi connectivity index (χ3n) is 4.81. The Balaban J connectivity index is 1.81. The predicted molar refractivity (Wildman–Crippen MR) is 112 cm³/mol. The second kappa shape index (κ2) is 7.60. The van der Waals surface area contributed by atoms with E-state index in [0.717, 1.165) is 21.4 Å². The van der Waals surface area contributed by atoms with E-state index in [2.05, 4.69) is 21.2 Å². The molecule has 28 heavy (non-hydrogen) atoms. The van der Waals surface area contributed by atoms with Crippen molar-refractivity contribution in [1.82, 2.24) is 5.32 Å². The summed E-state index contributed by atoms with van der Waals surface area (Å²) in [6.07, 6.45) is 8.87. The van der Waals surface area contributed by atoms with Gasteiger partial charge in [0, 0.05) is 10.4 Å². The fourth-order valence-electron chi connectivity index (χ4n) is 3.54. The van der Waals surface area contributed by atoms with E-state index in [-0.39, 0.29) is 29.2 Å². The molecular weight excluding hydrogens is 418 g/mol. The number of fused-ring (bicyclic) bond motifs is 1. The zero-order chi connectivity index (χ0) is 19.7. The van der Waals surface area contributed by atoms with Gasteiger partial charge in [0.25, 0.3) is 5.91 Å². The lowest BCUT2D eigenvalue weighted by Gasteiger charge is -2.34. The minimum absolute atomic E-state index is 0.127. The highest BCUT2D eigenvalue weighted by Crippen LogP contribution is 2.38. The first-order valence-corrected chi connectivity index (χ1v) is 9.77. The number of benzene rings is 1. The molecule has 5 heteroatoms. The van der Waals surface area contributed by atoms with Crippen LogP contribution in [0.25, 0.3) is 11.6 Å². The standard InChI is InChI=1S/C23H18BrNO3/c1-14-7-9-17(28-14)10-12-20(26)22-21(15-5-3-2-4-6-15)18-13-16(24)8-11-19(18)25-23(22)27/h2-13,18-19H,1H3,(H,25,27)/b12-10+/t18-,19+/m0/s1. The van der Waals surface area contributed by atoms with Gasteiger partial charge in [-0.15, -0.1) is 0 Å². The van der Waals surface area contributed by atoms with Crippen LogP contribution in [0, 0.1) is 12.8 Å². The lowest BCUT2D eigenvalue weighted by atomic mass is 9.77. The molecule has 1 amide bonds. The Bertz CT molecular complexity index is 1060. The lowest BCUT2D eigenvalue weighted by Crippen LogP contribution is -2.46. The van der Waals surface area contributed by atoms with Gasteiger partial charge in [0.05, 0.1) is 11.6 Å². The van der Waals surface area contributed by atoms with Crippen LogP contribution in [0.1, 0.15) is 17.1 Å². The molecule has 0 saturated heterocycles. The van der Waals surface area contributed by atoms with Gasteiger partial charge in [-0.2, -0.15) is 0 Å². The second-order valence-corrected chi connectivity index (χ2v) is 7.65. The number of hydrogen-bond acceptors (Lipinski definition) is 3. The Kier molecular flexibility index (Phi) is 5.01. The molecule has 140 valence electrons. The topological polar surface area (TPSA) is 59.3 Å². The normalized spacial score (nSPS) is 21.5. The molecule has 2 heterocycles. The summed E-state index contributed by atoms with van der Waals surface area (Å²) in [5, 5.41) is 2.94. The lowest BCUT2D eigenvalue weighted by molar-refractivity contribution is -0.121. The molecule has 1 aromatic heterocycles. The van der Waals surface area contributed by atoms with Gasteiger partial charge >= 0.3 is 0 Å². The molecule has 0 unspecified atom stereocenters.